The normalized spacial score (nSPS) is 13.1. The van der Waals surface area contributed by atoms with E-state index in [0.29, 0.717) is 5.56 Å². The smallest absolute Gasteiger partial charge is 0.126 e. The molecule has 1 aromatic rings. The van der Waals surface area contributed by atoms with Crippen LogP contribution in [0.1, 0.15) is 16.6 Å². The molecular weight excluding hydrogens is 165 g/mol. The van der Waals surface area contributed by atoms with Gasteiger partial charge in [-0.3, -0.25) is 0 Å². The fourth-order valence-electron chi connectivity index (χ4n) is 0.839. The Bertz CT molecular complexity index is 260. The molecule has 0 saturated carbocycles. The molecule has 60 valence electrons. The van der Waals surface area contributed by atoms with Crippen molar-refractivity contribution in [3.63, 3.8) is 0 Å². The largest absolute Gasteiger partial charge is 0.312 e. The molecule has 0 bridgehead atoms. The highest BCUT2D eigenvalue weighted by Gasteiger charge is 2.03. The lowest BCUT2D eigenvalue weighted by Gasteiger charge is -2.04. The van der Waals surface area contributed by atoms with Gasteiger partial charge in [-0.15, -0.1) is 11.6 Å². The number of nitrogens with two attached hydrogens (primary N) is 1. The quantitative estimate of drug-likeness (QED) is 0.512. The zero-order chi connectivity index (χ0) is 8.43. The second kappa shape index (κ2) is 3.20. The molecule has 0 aliphatic carbocycles. The molecular formula is C8H9ClFN. The number of halogens is 2. The fraction of sp³-hybridized carbons (Fsp3) is 0.250. The standard InChI is InChI=1S/C8H9ClFN/c1-5-4-6(8(9)11)2-3-7(5)10/h2-4,8H,11H2,1H3. The van der Waals surface area contributed by atoms with Crippen LogP contribution in [0.25, 0.3) is 0 Å². The van der Waals surface area contributed by atoms with Crippen LogP contribution in [0.2, 0.25) is 0 Å². The van der Waals surface area contributed by atoms with Crippen LogP contribution in [0.5, 0.6) is 0 Å². The van der Waals surface area contributed by atoms with Gasteiger partial charge in [0.05, 0.1) is 0 Å². The zero-order valence-electron chi connectivity index (χ0n) is 6.14. The minimum absolute atomic E-state index is 0.230. The summed E-state index contributed by atoms with van der Waals surface area (Å²) >= 11 is 5.58. The van der Waals surface area contributed by atoms with E-state index in [9.17, 15) is 4.39 Å². The summed E-state index contributed by atoms with van der Waals surface area (Å²) in [5, 5.41) is 0. The van der Waals surface area contributed by atoms with Crippen molar-refractivity contribution in [3.05, 3.63) is 35.1 Å². The summed E-state index contributed by atoms with van der Waals surface area (Å²) in [6, 6.07) is 4.60. The minimum atomic E-state index is -0.547. The molecule has 0 saturated heterocycles. The number of hydrogen-bond acceptors (Lipinski definition) is 1. The van der Waals surface area contributed by atoms with Crippen molar-refractivity contribution in [2.45, 2.75) is 12.4 Å². The molecule has 0 radical (unpaired) electrons. The first-order valence-electron chi connectivity index (χ1n) is 3.27. The molecule has 1 atom stereocenters. The van der Waals surface area contributed by atoms with Gasteiger partial charge < -0.3 is 5.73 Å². The summed E-state index contributed by atoms with van der Waals surface area (Å²) in [7, 11) is 0. The number of aryl methyl sites for hydroxylation is 1. The maximum atomic E-state index is 12.7. The Labute approximate surface area is 70.0 Å². The summed E-state index contributed by atoms with van der Waals surface area (Å²) in [5.41, 5.74) is 6.14. The van der Waals surface area contributed by atoms with Gasteiger partial charge in [0.2, 0.25) is 0 Å². The average Bonchev–Trinajstić information content (AvgIpc) is 1.94. The first-order chi connectivity index (χ1) is 5.11. The van der Waals surface area contributed by atoms with E-state index in [1.807, 2.05) is 0 Å². The van der Waals surface area contributed by atoms with Crippen LogP contribution in [0, 0.1) is 12.7 Å². The van der Waals surface area contributed by atoms with Crippen molar-refractivity contribution in [1.29, 1.82) is 0 Å². The number of hydrogen-bond donors (Lipinski definition) is 1. The number of alkyl halides is 1. The Morgan fingerprint density at radius 3 is 2.64 bits per heavy atom. The molecule has 2 N–H and O–H groups in total. The van der Waals surface area contributed by atoms with E-state index in [1.165, 1.54) is 6.07 Å². The third-order valence-electron chi connectivity index (χ3n) is 1.50. The Balaban J connectivity index is 3.05. The van der Waals surface area contributed by atoms with Crippen molar-refractivity contribution in [3.8, 4) is 0 Å². The van der Waals surface area contributed by atoms with E-state index >= 15 is 0 Å². The van der Waals surface area contributed by atoms with Crippen molar-refractivity contribution < 1.29 is 4.39 Å². The summed E-state index contributed by atoms with van der Waals surface area (Å²) in [6.07, 6.45) is 0. The van der Waals surface area contributed by atoms with Crippen molar-refractivity contribution >= 4 is 11.6 Å². The SMILES string of the molecule is Cc1cc(C(N)Cl)ccc1F. The molecule has 11 heavy (non-hydrogen) atoms. The molecule has 1 unspecified atom stereocenters. The highest BCUT2D eigenvalue weighted by molar-refractivity contribution is 6.20. The Hall–Kier alpha value is -0.600. The lowest BCUT2D eigenvalue weighted by molar-refractivity contribution is 0.617. The lowest BCUT2D eigenvalue weighted by atomic mass is 10.1. The average molecular weight is 174 g/mol. The summed E-state index contributed by atoms with van der Waals surface area (Å²) in [6.45, 7) is 1.68. The predicted octanol–water partition coefficient (Wildman–Crippen LogP) is 2.33. The molecule has 0 aliphatic rings. The highest BCUT2D eigenvalue weighted by Crippen LogP contribution is 2.17. The van der Waals surface area contributed by atoms with E-state index in [2.05, 4.69) is 0 Å². The molecule has 1 aromatic carbocycles. The minimum Gasteiger partial charge on any atom is -0.312 e. The van der Waals surface area contributed by atoms with Crippen molar-refractivity contribution in [1.82, 2.24) is 0 Å². The third kappa shape index (κ3) is 1.91. The summed E-state index contributed by atoms with van der Waals surface area (Å²) < 4.78 is 12.7. The molecule has 0 spiro atoms. The Kier molecular flexibility index (Phi) is 2.47. The van der Waals surface area contributed by atoms with Crippen LogP contribution in [0.3, 0.4) is 0 Å². The maximum Gasteiger partial charge on any atom is 0.126 e. The first-order valence-corrected chi connectivity index (χ1v) is 3.70. The molecule has 0 aromatic heterocycles. The van der Waals surface area contributed by atoms with E-state index < -0.39 is 5.50 Å². The third-order valence-corrected chi connectivity index (χ3v) is 1.75. The van der Waals surface area contributed by atoms with Crippen molar-refractivity contribution in [2.75, 3.05) is 0 Å². The van der Waals surface area contributed by atoms with E-state index in [4.69, 9.17) is 17.3 Å². The topological polar surface area (TPSA) is 26.0 Å². The molecule has 1 rings (SSSR count). The van der Waals surface area contributed by atoms with Crippen LogP contribution in [0.15, 0.2) is 18.2 Å². The number of benzene rings is 1. The van der Waals surface area contributed by atoms with Crippen LogP contribution in [-0.2, 0) is 0 Å². The van der Waals surface area contributed by atoms with Crippen LogP contribution >= 0.6 is 11.6 Å². The van der Waals surface area contributed by atoms with Crippen LogP contribution < -0.4 is 5.73 Å². The summed E-state index contributed by atoms with van der Waals surface area (Å²) in [5.74, 6) is -0.230. The Morgan fingerprint density at radius 1 is 1.55 bits per heavy atom. The van der Waals surface area contributed by atoms with Crippen LogP contribution in [0.4, 0.5) is 4.39 Å². The molecule has 0 fully saturated rings. The predicted molar refractivity (Wildman–Crippen MR) is 43.9 cm³/mol. The first kappa shape index (κ1) is 8.50. The fourth-order valence-corrected chi connectivity index (χ4v) is 0.975. The van der Waals surface area contributed by atoms with Gasteiger partial charge in [-0.05, 0) is 24.1 Å². The van der Waals surface area contributed by atoms with Crippen LogP contribution in [-0.4, -0.2) is 0 Å². The van der Waals surface area contributed by atoms with E-state index in [1.54, 1.807) is 19.1 Å². The molecule has 3 heteroatoms. The van der Waals surface area contributed by atoms with Gasteiger partial charge in [0.25, 0.3) is 0 Å². The molecule has 1 nitrogen and oxygen atoms in total. The highest BCUT2D eigenvalue weighted by atomic mass is 35.5. The molecule has 0 amide bonds. The van der Waals surface area contributed by atoms with E-state index in [-0.39, 0.29) is 5.82 Å². The maximum absolute atomic E-state index is 12.7. The number of rotatable bonds is 1. The Morgan fingerprint density at radius 2 is 2.18 bits per heavy atom. The van der Waals surface area contributed by atoms with E-state index in [0.717, 1.165) is 5.56 Å². The molecule has 0 heterocycles. The molecule has 0 aliphatic heterocycles. The second-order valence-corrected chi connectivity index (χ2v) is 2.88. The van der Waals surface area contributed by atoms with Gasteiger partial charge in [-0.1, -0.05) is 12.1 Å². The monoisotopic (exact) mass is 173 g/mol. The summed E-state index contributed by atoms with van der Waals surface area (Å²) in [4.78, 5) is 0. The zero-order valence-corrected chi connectivity index (χ0v) is 6.90. The second-order valence-electron chi connectivity index (χ2n) is 2.41. The lowest BCUT2D eigenvalue weighted by Crippen LogP contribution is -2.02. The van der Waals surface area contributed by atoms with Gasteiger partial charge >= 0.3 is 0 Å². The van der Waals surface area contributed by atoms with Gasteiger partial charge in [0.1, 0.15) is 11.3 Å². The van der Waals surface area contributed by atoms with Gasteiger partial charge in [-0.2, -0.15) is 0 Å². The van der Waals surface area contributed by atoms with Gasteiger partial charge in [-0.25, -0.2) is 4.39 Å². The van der Waals surface area contributed by atoms with Gasteiger partial charge in [0.15, 0.2) is 0 Å². The van der Waals surface area contributed by atoms with Crippen molar-refractivity contribution in [2.24, 2.45) is 5.73 Å². The van der Waals surface area contributed by atoms with Gasteiger partial charge in [0, 0.05) is 0 Å².